The molecule has 0 amide bonds. The van der Waals surface area contributed by atoms with Gasteiger partial charge in [0.25, 0.3) is 0 Å². The van der Waals surface area contributed by atoms with Gasteiger partial charge in [-0.3, -0.25) is 0 Å². The summed E-state index contributed by atoms with van der Waals surface area (Å²) in [5.41, 5.74) is 0. The highest BCUT2D eigenvalue weighted by Gasteiger charge is 2.18. The number of aromatic nitrogens is 3. The number of hydrogen-bond acceptors (Lipinski definition) is 7. The third kappa shape index (κ3) is 3.96. The van der Waals surface area contributed by atoms with E-state index in [-0.39, 0.29) is 5.25 Å². The molecule has 0 aliphatic carbocycles. The highest BCUT2D eigenvalue weighted by molar-refractivity contribution is 7.99. The third-order valence-corrected chi connectivity index (χ3v) is 4.60. The second-order valence-corrected chi connectivity index (χ2v) is 6.45. The van der Waals surface area contributed by atoms with Gasteiger partial charge in [-0.25, -0.2) is 0 Å². The average molecular weight is 297 g/mol. The van der Waals surface area contributed by atoms with Gasteiger partial charge in [0, 0.05) is 25.4 Å². The summed E-state index contributed by atoms with van der Waals surface area (Å²) in [6, 6.07) is 0. The quantitative estimate of drug-likeness (QED) is 0.802. The van der Waals surface area contributed by atoms with Crippen LogP contribution in [-0.4, -0.2) is 51.5 Å². The molecule has 2 N–H and O–H groups in total. The van der Waals surface area contributed by atoms with Crippen molar-refractivity contribution in [2.75, 3.05) is 30.4 Å². The van der Waals surface area contributed by atoms with Crippen molar-refractivity contribution in [3.8, 4) is 0 Å². The summed E-state index contributed by atoms with van der Waals surface area (Å²) in [4.78, 5) is 15.6. The molecule has 1 aliphatic heterocycles. The Morgan fingerprint density at radius 2 is 1.85 bits per heavy atom. The first-order valence-corrected chi connectivity index (χ1v) is 8.01. The standard InChI is InChI=1S/C13H23N5OS/c1-9(19)10(2)20-13-16-11(14-3)15-12(17-13)18-7-5-4-6-8-18/h9-10,19H,4-8H2,1-3H3,(H,14,15,16,17). The normalized spacial score (nSPS) is 18.7. The Bertz CT molecular complexity index is 437. The van der Waals surface area contributed by atoms with Crippen molar-refractivity contribution in [1.29, 1.82) is 0 Å². The Morgan fingerprint density at radius 3 is 2.45 bits per heavy atom. The zero-order chi connectivity index (χ0) is 14.5. The Morgan fingerprint density at radius 1 is 1.15 bits per heavy atom. The number of anilines is 2. The molecular formula is C13H23N5OS. The summed E-state index contributed by atoms with van der Waals surface area (Å²) >= 11 is 1.48. The molecule has 0 aromatic carbocycles. The highest BCUT2D eigenvalue weighted by Crippen LogP contribution is 2.25. The van der Waals surface area contributed by atoms with E-state index in [2.05, 4.69) is 25.2 Å². The van der Waals surface area contributed by atoms with Gasteiger partial charge in [0.15, 0.2) is 5.16 Å². The van der Waals surface area contributed by atoms with Gasteiger partial charge >= 0.3 is 0 Å². The van der Waals surface area contributed by atoms with Gasteiger partial charge in [-0.2, -0.15) is 15.0 Å². The van der Waals surface area contributed by atoms with Gasteiger partial charge in [-0.15, -0.1) is 0 Å². The summed E-state index contributed by atoms with van der Waals surface area (Å²) in [5.74, 6) is 1.32. The van der Waals surface area contributed by atoms with Crippen LogP contribution in [0.4, 0.5) is 11.9 Å². The van der Waals surface area contributed by atoms with Crippen molar-refractivity contribution >= 4 is 23.7 Å². The molecule has 1 aliphatic rings. The molecule has 1 saturated heterocycles. The second kappa shape index (κ2) is 7.08. The number of aliphatic hydroxyl groups is 1. The van der Waals surface area contributed by atoms with Crippen molar-refractivity contribution in [2.45, 2.75) is 49.6 Å². The van der Waals surface area contributed by atoms with Crippen LogP contribution in [0.5, 0.6) is 0 Å². The fourth-order valence-corrected chi connectivity index (χ4v) is 2.81. The Labute approximate surface area is 124 Å². The van der Waals surface area contributed by atoms with E-state index in [9.17, 15) is 5.11 Å². The van der Waals surface area contributed by atoms with E-state index in [0.29, 0.717) is 11.1 Å². The van der Waals surface area contributed by atoms with Crippen molar-refractivity contribution in [3.05, 3.63) is 0 Å². The zero-order valence-corrected chi connectivity index (χ0v) is 13.2. The minimum Gasteiger partial charge on any atom is -0.392 e. The molecule has 2 atom stereocenters. The maximum Gasteiger partial charge on any atom is 0.231 e. The lowest BCUT2D eigenvalue weighted by Gasteiger charge is -2.27. The monoisotopic (exact) mass is 297 g/mol. The number of rotatable bonds is 5. The summed E-state index contributed by atoms with van der Waals surface area (Å²) in [6.45, 7) is 5.76. The lowest BCUT2D eigenvalue weighted by molar-refractivity contribution is 0.196. The third-order valence-electron chi connectivity index (χ3n) is 3.44. The second-order valence-electron chi connectivity index (χ2n) is 5.10. The number of thioether (sulfide) groups is 1. The predicted molar refractivity (Wildman–Crippen MR) is 82.4 cm³/mol. The van der Waals surface area contributed by atoms with Crippen molar-refractivity contribution in [2.24, 2.45) is 0 Å². The highest BCUT2D eigenvalue weighted by atomic mass is 32.2. The van der Waals surface area contributed by atoms with Gasteiger partial charge < -0.3 is 15.3 Å². The molecule has 2 heterocycles. The fourth-order valence-electron chi connectivity index (χ4n) is 2.01. The molecule has 1 fully saturated rings. The fraction of sp³-hybridized carbons (Fsp3) is 0.769. The molecule has 112 valence electrons. The maximum atomic E-state index is 9.61. The van der Waals surface area contributed by atoms with Crippen molar-refractivity contribution < 1.29 is 5.11 Å². The molecule has 6 nitrogen and oxygen atoms in total. The summed E-state index contributed by atoms with van der Waals surface area (Å²) in [6.07, 6.45) is 3.26. The molecule has 0 radical (unpaired) electrons. The summed E-state index contributed by atoms with van der Waals surface area (Å²) in [7, 11) is 1.81. The van der Waals surface area contributed by atoms with Crippen LogP contribution in [0.2, 0.25) is 0 Å². The van der Waals surface area contributed by atoms with E-state index in [0.717, 1.165) is 19.0 Å². The van der Waals surface area contributed by atoms with Gasteiger partial charge in [0.2, 0.25) is 11.9 Å². The van der Waals surface area contributed by atoms with Crippen molar-refractivity contribution in [1.82, 2.24) is 15.0 Å². The SMILES string of the molecule is CNc1nc(SC(C)C(C)O)nc(N2CCCCC2)n1. The zero-order valence-electron chi connectivity index (χ0n) is 12.3. The van der Waals surface area contributed by atoms with E-state index in [1.54, 1.807) is 6.92 Å². The van der Waals surface area contributed by atoms with Crippen LogP contribution in [0, 0.1) is 0 Å². The minimum absolute atomic E-state index is 0.0521. The van der Waals surface area contributed by atoms with Gasteiger partial charge in [-0.1, -0.05) is 18.7 Å². The Balaban J connectivity index is 2.19. The van der Waals surface area contributed by atoms with Gasteiger partial charge in [-0.05, 0) is 26.2 Å². The summed E-state index contributed by atoms with van der Waals surface area (Å²) < 4.78 is 0. The molecule has 0 saturated carbocycles. The number of hydrogen-bond donors (Lipinski definition) is 2. The maximum absolute atomic E-state index is 9.61. The van der Waals surface area contributed by atoms with Gasteiger partial charge in [0.05, 0.1) is 6.10 Å². The van der Waals surface area contributed by atoms with E-state index >= 15 is 0 Å². The first-order valence-electron chi connectivity index (χ1n) is 7.13. The Hall–Kier alpha value is -1.08. The van der Waals surface area contributed by atoms with Crippen LogP contribution < -0.4 is 10.2 Å². The average Bonchev–Trinajstić information content (AvgIpc) is 2.47. The molecule has 1 aromatic heterocycles. The van der Waals surface area contributed by atoms with E-state index in [4.69, 9.17) is 0 Å². The predicted octanol–water partition coefficient (Wildman–Crippen LogP) is 1.76. The molecule has 0 bridgehead atoms. The molecule has 7 heteroatoms. The molecule has 2 unspecified atom stereocenters. The number of aliphatic hydroxyl groups excluding tert-OH is 1. The van der Waals surface area contributed by atoms with E-state index in [1.165, 1.54) is 31.0 Å². The van der Waals surface area contributed by atoms with Crippen LogP contribution in [0.25, 0.3) is 0 Å². The minimum atomic E-state index is -0.395. The largest absolute Gasteiger partial charge is 0.392 e. The number of piperidine rings is 1. The summed E-state index contributed by atoms with van der Waals surface area (Å²) in [5, 5.41) is 13.3. The molecule has 0 spiro atoms. The Kier molecular flexibility index (Phi) is 5.42. The van der Waals surface area contributed by atoms with Crippen LogP contribution in [0.1, 0.15) is 33.1 Å². The smallest absolute Gasteiger partial charge is 0.231 e. The number of nitrogens with one attached hydrogen (secondary N) is 1. The molecular weight excluding hydrogens is 274 g/mol. The van der Waals surface area contributed by atoms with Crippen LogP contribution >= 0.6 is 11.8 Å². The van der Waals surface area contributed by atoms with Crippen LogP contribution in [0.15, 0.2) is 5.16 Å². The number of nitrogens with zero attached hydrogens (tertiary/aromatic N) is 4. The lowest BCUT2D eigenvalue weighted by Crippen LogP contribution is -2.31. The van der Waals surface area contributed by atoms with E-state index < -0.39 is 6.10 Å². The van der Waals surface area contributed by atoms with Crippen LogP contribution in [-0.2, 0) is 0 Å². The lowest BCUT2D eigenvalue weighted by atomic mass is 10.1. The van der Waals surface area contributed by atoms with Gasteiger partial charge in [0.1, 0.15) is 0 Å². The van der Waals surface area contributed by atoms with Crippen LogP contribution in [0.3, 0.4) is 0 Å². The first-order chi connectivity index (χ1) is 9.60. The first kappa shape index (κ1) is 15.3. The van der Waals surface area contributed by atoms with Crippen molar-refractivity contribution in [3.63, 3.8) is 0 Å². The molecule has 2 rings (SSSR count). The molecule has 20 heavy (non-hydrogen) atoms. The topological polar surface area (TPSA) is 74.2 Å². The molecule has 1 aromatic rings. The van der Waals surface area contributed by atoms with E-state index in [1.807, 2.05) is 14.0 Å².